The summed E-state index contributed by atoms with van der Waals surface area (Å²) in [6, 6.07) is 8.45. The number of nitrogens with zero attached hydrogens (tertiary/aromatic N) is 6. The molecule has 0 saturated carbocycles. The van der Waals surface area contributed by atoms with Crippen LogP contribution in [0.25, 0.3) is 16.9 Å². The third kappa shape index (κ3) is 3.43. The number of nitro benzene ring substituents is 1. The first-order valence-electron chi connectivity index (χ1n) is 8.24. The summed E-state index contributed by atoms with van der Waals surface area (Å²) in [6.45, 7) is 3.83. The number of non-ortho nitro benzene ring substituents is 1. The van der Waals surface area contributed by atoms with Crippen molar-refractivity contribution in [2.24, 2.45) is 0 Å². The van der Waals surface area contributed by atoms with Crippen molar-refractivity contribution >= 4 is 40.1 Å². The second-order valence-electron chi connectivity index (χ2n) is 6.13. The zero-order chi connectivity index (χ0) is 19.8. The molecule has 0 fully saturated rings. The molecule has 0 spiro atoms. The number of nitro groups is 1. The maximum atomic E-state index is 10.9. The van der Waals surface area contributed by atoms with Crippen LogP contribution in [0.4, 0.5) is 5.69 Å². The number of rotatable bonds is 5. The van der Waals surface area contributed by atoms with Crippen LogP contribution in [0.5, 0.6) is 0 Å². The Morgan fingerprint density at radius 3 is 2.82 bits per heavy atom. The topological polar surface area (TPSA) is 115 Å². The van der Waals surface area contributed by atoms with Crippen LogP contribution in [-0.4, -0.2) is 34.9 Å². The lowest BCUT2D eigenvalue weighted by molar-refractivity contribution is -0.384. The van der Waals surface area contributed by atoms with Gasteiger partial charge in [0.15, 0.2) is 10.3 Å². The molecule has 0 aliphatic heterocycles. The van der Waals surface area contributed by atoms with E-state index >= 15 is 0 Å². The second-order valence-corrected chi connectivity index (χ2v) is 7.46. The predicted octanol–water partition coefficient (Wildman–Crippen LogP) is 4.01. The smallest absolute Gasteiger partial charge is 0.269 e. The second kappa shape index (κ2) is 7.21. The van der Waals surface area contributed by atoms with Crippen molar-refractivity contribution in [1.29, 1.82) is 0 Å². The highest BCUT2D eigenvalue weighted by atomic mass is 35.5. The number of hydrogen-bond donors (Lipinski definition) is 1. The highest BCUT2D eigenvalue weighted by Gasteiger charge is 2.17. The summed E-state index contributed by atoms with van der Waals surface area (Å²) in [7, 11) is 0. The molecular weight excluding hydrogens is 402 g/mol. The van der Waals surface area contributed by atoms with Gasteiger partial charge in [-0.1, -0.05) is 35.5 Å². The Morgan fingerprint density at radius 2 is 2.11 bits per heavy atom. The quantitative estimate of drug-likeness (QED) is 0.297. The van der Waals surface area contributed by atoms with Crippen LogP contribution in [0.15, 0.2) is 35.5 Å². The first kappa shape index (κ1) is 18.4. The van der Waals surface area contributed by atoms with E-state index in [2.05, 4.69) is 25.3 Å². The molecule has 1 aromatic carbocycles. The van der Waals surface area contributed by atoms with Crippen molar-refractivity contribution in [3.8, 4) is 5.82 Å². The van der Waals surface area contributed by atoms with Gasteiger partial charge in [0.05, 0.1) is 10.6 Å². The Hall–Kier alpha value is -2.98. The zero-order valence-electron chi connectivity index (χ0n) is 14.9. The van der Waals surface area contributed by atoms with Crippen LogP contribution in [0.2, 0.25) is 5.15 Å². The molecule has 3 aromatic heterocycles. The fourth-order valence-electron chi connectivity index (χ4n) is 2.82. The summed E-state index contributed by atoms with van der Waals surface area (Å²) in [5.74, 6) is 1.02. The van der Waals surface area contributed by atoms with Crippen molar-refractivity contribution in [3.05, 3.63) is 62.6 Å². The summed E-state index contributed by atoms with van der Waals surface area (Å²) < 4.78 is 1.69. The average Bonchev–Trinajstić information content (AvgIpc) is 3.24. The molecule has 0 bridgehead atoms. The number of nitrogens with one attached hydrogen (secondary N) is 1. The number of hydrogen-bond acceptors (Lipinski definition) is 7. The zero-order valence-corrected chi connectivity index (χ0v) is 16.5. The summed E-state index contributed by atoms with van der Waals surface area (Å²) in [6.07, 6.45) is 0. The fraction of sp³-hybridized carbons (Fsp3) is 0.176. The highest BCUT2D eigenvalue weighted by Crippen LogP contribution is 2.29. The number of aromatic nitrogens is 6. The van der Waals surface area contributed by atoms with Crippen LogP contribution in [0.1, 0.15) is 17.0 Å². The van der Waals surface area contributed by atoms with E-state index in [0.717, 1.165) is 17.0 Å². The van der Waals surface area contributed by atoms with Gasteiger partial charge in [0.25, 0.3) is 5.69 Å². The Morgan fingerprint density at radius 1 is 1.29 bits per heavy atom. The average molecular weight is 416 g/mol. The maximum absolute atomic E-state index is 10.9. The summed E-state index contributed by atoms with van der Waals surface area (Å²) in [5, 5.41) is 24.3. The van der Waals surface area contributed by atoms with Gasteiger partial charge in [-0.15, -0.1) is 10.2 Å². The molecule has 0 radical (unpaired) electrons. The lowest BCUT2D eigenvalue weighted by Gasteiger charge is -2.03. The molecule has 11 heteroatoms. The third-order valence-electron chi connectivity index (χ3n) is 4.04. The van der Waals surface area contributed by atoms with Gasteiger partial charge < -0.3 is 4.98 Å². The van der Waals surface area contributed by atoms with Gasteiger partial charge in [-0.05, 0) is 25.5 Å². The number of imidazole rings is 1. The highest BCUT2D eigenvalue weighted by molar-refractivity contribution is 7.98. The molecule has 0 saturated heterocycles. The molecule has 0 aliphatic carbocycles. The van der Waals surface area contributed by atoms with Crippen molar-refractivity contribution in [3.63, 3.8) is 0 Å². The summed E-state index contributed by atoms with van der Waals surface area (Å²) in [4.78, 5) is 18.2. The summed E-state index contributed by atoms with van der Waals surface area (Å²) in [5.41, 5.74) is 3.79. The lowest BCUT2D eigenvalue weighted by Crippen LogP contribution is -2.04. The van der Waals surface area contributed by atoms with Crippen LogP contribution in [0.3, 0.4) is 0 Å². The Labute approximate surface area is 168 Å². The molecule has 0 aliphatic rings. The summed E-state index contributed by atoms with van der Waals surface area (Å²) >= 11 is 7.59. The number of aromatic amines is 1. The van der Waals surface area contributed by atoms with Crippen LogP contribution in [0, 0.1) is 24.0 Å². The van der Waals surface area contributed by atoms with Crippen molar-refractivity contribution < 1.29 is 4.92 Å². The number of aryl methyl sites for hydroxylation is 2. The van der Waals surface area contributed by atoms with Crippen molar-refractivity contribution in [2.75, 3.05) is 0 Å². The largest absolute Gasteiger partial charge is 0.330 e. The molecule has 142 valence electrons. The predicted molar refractivity (Wildman–Crippen MR) is 106 cm³/mol. The number of H-pyrrole nitrogens is 1. The van der Waals surface area contributed by atoms with Gasteiger partial charge in [-0.25, -0.2) is 9.67 Å². The van der Waals surface area contributed by atoms with Gasteiger partial charge in [-0.3, -0.25) is 10.1 Å². The first-order valence-corrected chi connectivity index (χ1v) is 9.60. The molecule has 1 N–H and O–H groups in total. The number of halogens is 1. The van der Waals surface area contributed by atoms with Crippen molar-refractivity contribution in [1.82, 2.24) is 29.9 Å². The Bertz CT molecular complexity index is 1200. The lowest BCUT2D eigenvalue weighted by atomic mass is 10.2. The van der Waals surface area contributed by atoms with E-state index in [4.69, 9.17) is 11.6 Å². The van der Waals surface area contributed by atoms with E-state index in [9.17, 15) is 10.1 Å². The van der Waals surface area contributed by atoms with E-state index < -0.39 is 4.92 Å². The molecule has 4 rings (SSSR count). The van der Waals surface area contributed by atoms with Gasteiger partial charge >= 0.3 is 0 Å². The minimum atomic E-state index is -0.410. The minimum absolute atomic E-state index is 0.0611. The Kier molecular flexibility index (Phi) is 4.73. The van der Waals surface area contributed by atoms with Gasteiger partial charge in [0.1, 0.15) is 11.0 Å². The van der Waals surface area contributed by atoms with E-state index in [1.54, 1.807) is 16.8 Å². The fourth-order valence-corrected chi connectivity index (χ4v) is 3.81. The van der Waals surface area contributed by atoms with Gasteiger partial charge in [-0.2, -0.15) is 5.10 Å². The molecule has 4 aromatic rings. The standard InChI is InChI=1S/C17H14ClN7O2S/c1-9-6-10(2)24(23-9)16-14-13(15(18)21-22-16)19-17(20-14)28-8-11-4-3-5-12(7-11)25(26)27/h3-7H,8H2,1-2H3,(H,19,20). The number of benzene rings is 1. The van der Waals surface area contributed by atoms with Gasteiger partial charge in [0.2, 0.25) is 5.82 Å². The van der Waals surface area contributed by atoms with E-state index in [1.807, 2.05) is 26.0 Å². The van der Waals surface area contributed by atoms with E-state index in [-0.39, 0.29) is 10.8 Å². The molecule has 9 nitrogen and oxygen atoms in total. The molecule has 0 atom stereocenters. The van der Waals surface area contributed by atoms with Crippen LogP contribution in [-0.2, 0) is 5.75 Å². The number of fused-ring (bicyclic) bond motifs is 1. The normalized spacial score (nSPS) is 11.2. The third-order valence-corrected chi connectivity index (χ3v) is 5.24. The molecule has 0 amide bonds. The molecule has 3 heterocycles. The number of thioether (sulfide) groups is 1. The molecular formula is C17H14ClN7O2S. The van der Waals surface area contributed by atoms with Crippen LogP contribution >= 0.6 is 23.4 Å². The van der Waals surface area contributed by atoms with E-state index in [1.165, 1.54) is 17.8 Å². The SMILES string of the molecule is Cc1cc(C)n(-c2nnc(Cl)c3nc(SCc4cccc([N+](=O)[O-])c4)[nH]c23)n1. The van der Waals surface area contributed by atoms with Crippen molar-refractivity contribution in [2.45, 2.75) is 24.8 Å². The Balaban J connectivity index is 1.67. The first-order chi connectivity index (χ1) is 13.4. The monoisotopic (exact) mass is 415 g/mol. The van der Waals surface area contributed by atoms with E-state index in [0.29, 0.717) is 27.8 Å². The van der Waals surface area contributed by atoms with Crippen LogP contribution < -0.4 is 0 Å². The maximum Gasteiger partial charge on any atom is 0.269 e. The molecule has 0 unspecified atom stereocenters. The van der Waals surface area contributed by atoms with Gasteiger partial charge in [0, 0.05) is 23.6 Å². The minimum Gasteiger partial charge on any atom is -0.330 e. The molecule has 28 heavy (non-hydrogen) atoms.